The lowest BCUT2D eigenvalue weighted by atomic mass is 10.2. The van der Waals surface area contributed by atoms with Crippen LogP contribution in [0.25, 0.3) is 0 Å². The van der Waals surface area contributed by atoms with E-state index < -0.39 is 11.7 Å². The molecule has 6 heteroatoms. The summed E-state index contributed by atoms with van der Waals surface area (Å²) in [5.41, 5.74) is 6.76. The van der Waals surface area contributed by atoms with E-state index in [4.69, 9.17) is 5.73 Å². The number of benzene rings is 2. The van der Waals surface area contributed by atoms with E-state index in [0.717, 1.165) is 12.1 Å². The molecular weight excluding hydrogens is 321 g/mol. The summed E-state index contributed by atoms with van der Waals surface area (Å²) in [6, 6.07) is 10.4. The van der Waals surface area contributed by atoms with Crippen molar-refractivity contribution >= 4 is 33.0 Å². The van der Waals surface area contributed by atoms with Crippen LogP contribution in [0.4, 0.5) is 30.2 Å². The van der Waals surface area contributed by atoms with Crippen molar-refractivity contribution in [3.63, 3.8) is 0 Å². The fraction of sp³-hybridized carbons (Fsp3) is 0.0769. The van der Waals surface area contributed by atoms with Crippen molar-refractivity contribution in [3.05, 3.63) is 52.5 Å². The molecule has 0 amide bonds. The first kappa shape index (κ1) is 13.7. The molecule has 3 N–H and O–H groups in total. The Morgan fingerprint density at radius 1 is 1.05 bits per heavy atom. The number of nitrogens with two attached hydrogens (primary N) is 1. The lowest BCUT2D eigenvalue weighted by Crippen LogP contribution is -2.05. The normalized spacial score (nSPS) is 11.4. The lowest BCUT2D eigenvalue weighted by molar-refractivity contribution is -0.137. The van der Waals surface area contributed by atoms with Gasteiger partial charge in [0, 0.05) is 15.8 Å². The zero-order valence-corrected chi connectivity index (χ0v) is 11.2. The van der Waals surface area contributed by atoms with Crippen LogP contribution in [0.15, 0.2) is 46.9 Å². The summed E-state index contributed by atoms with van der Waals surface area (Å²) < 4.78 is 37.9. The fourth-order valence-electron chi connectivity index (χ4n) is 1.56. The van der Waals surface area contributed by atoms with Crippen molar-refractivity contribution < 1.29 is 13.2 Å². The molecule has 0 heterocycles. The Morgan fingerprint density at radius 2 is 1.79 bits per heavy atom. The van der Waals surface area contributed by atoms with Gasteiger partial charge < -0.3 is 11.1 Å². The Morgan fingerprint density at radius 3 is 2.37 bits per heavy atom. The maximum atomic E-state index is 12.5. The summed E-state index contributed by atoms with van der Waals surface area (Å²) in [6.07, 6.45) is -4.35. The molecule has 2 rings (SSSR count). The molecule has 0 spiro atoms. The van der Waals surface area contributed by atoms with Crippen LogP contribution < -0.4 is 11.1 Å². The molecule has 0 aliphatic carbocycles. The van der Waals surface area contributed by atoms with Crippen LogP contribution in [0.3, 0.4) is 0 Å². The van der Waals surface area contributed by atoms with Gasteiger partial charge in [-0.05, 0) is 52.3 Å². The molecule has 100 valence electrons. The summed E-state index contributed by atoms with van der Waals surface area (Å²) >= 11 is 3.12. The average Bonchev–Trinajstić information content (AvgIpc) is 2.30. The number of nitrogen functional groups attached to an aromatic ring is 1. The minimum absolute atomic E-state index is 0.338. The highest BCUT2D eigenvalue weighted by Gasteiger charge is 2.30. The fourth-order valence-corrected chi connectivity index (χ4v) is 2.04. The number of hydrogen-bond donors (Lipinski definition) is 2. The van der Waals surface area contributed by atoms with Gasteiger partial charge in [0.15, 0.2) is 0 Å². The van der Waals surface area contributed by atoms with Gasteiger partial charge in [-0.15, -0.1) is 0 Å². The van der Waals surface area contributed by atoms with Crippen LogP contribution in [0.5, 0.6) is 0 Å². The van der Waals surface area contributed by atoms with E-state index in [1.54, 1.807) is 24.3 Å². The predicted octanol–water partition coefficient (Wildman–Crippen LogP) is 4.79. The second-order valence-electron chi connectivity index (χ2n) is 3.94. The highest BCUT2D eigenvalue weighted by Crippen LogP contribution is 2.34. The lowest BCUT2D eigenvalue weighted by Gasteiger charge is -2.12. The van der Waals surface area contributed by atoms with Gasteiger partial charge in [-0.3, -0.25) is 0 Å². The van der Waals surface area contributed by atoms with Crippen LogP contribution in [0, 0.1) is 0 Å². The molecule has 0 aromatic heterocycles. The molecule has 0 radical (unpaired) electrons. The molecule has 0 atom stereocenters. The second-order valence-corrected chi connectivity index (χ2v) is 4.80. The van der Waals surface area contributed by atoms with Gasteiger partial charge in [0.1, 0.15) is 0 Å². The van der Waals surface area contributed by atoms with E-state index in [1.165, 1.54) is 6.07 Å². The van der Waals surface area contributed by atoms with Crippen molar-refractivity contribution in [2.75, 3.05) is 11.1 Å². The van der Waals surface area contributed by atoms with Crippen LogP contribution in [-0.4, -0.2) is 0 Å². The van der Waals surface area contributed by atoms with Crippen molar-refractivity contribution in [1.29, 1.82) is 0 Å². The summed E-state index contributed by atoms with van der Waals surface area (Å²) in [7, 11) is 0. The average molecular weight is 331 g/mol. The molecule has 0 aliphatic heterocycles. The van der Waals surface area contributed by atoms with Gasteiger partial charge in [0.25, 0.3) is 0 Å². The molecule has 2 nitrogen and oxygen atoms in total. The Bertz CT molecular complexity index is 597. The third kappa shape index (κ3) is 3.41. The third-order valence-corrected chi connectivity index (χ3v) is 3.12. The molecule has 0 bridgehead atoms. The van der Waals surface area contributed by atoms with Crippen molar-refractivity contribution in [2.45, 2.75) is 6.18 Å². The van der Waals surface area contributed by atoms with E-state index in [9.17, 15) is 13.2 Å². The molecule has 0 aliphatic rings. The molecule has 0 unspecified atom stereocenters. The van der Waals surface area contributed by atoms with Gasteiger partial charge in [0.2, 0.25) is 0 Å². The van der Waals surface area contributed by atoms with E-state index >= 15 is 0 Å². The van der Waals surface area contributed by atoms with Gasteiger partial charge >= 0.3 is 6.18 Å². The highest BCUT2D eigenvalue weighted by molar-refractivity contribution is 9.10. The van der Waals surface area contributed by atoms with Crippen LogP contribution in [-0.2, 0) is 6.18 Å². The van der Waals surface area contributed by atoms with E-state index in [2.05, 4.69) is 21.2 Å². The van der Waals surface area contributed by atoms with Gasteiger partial charge in [0.05, 0.1) is 11.3 Å². The maximum Gasteiger partial charge on any atom is 0.416 e. The summed E-state index contributed by atoms with van der Waals surface area (Å²) in [5.74, 6) is 0. The number of nitrogens with one attached hydrogen (secondary N) is 1. The largest absolute Gasteiger partial charge is 0.416 e. The summed E-state index contributed by atoms with van der Waals surface area (Å²) in [5, 5.41) is 3.00. The predicted molar refractivity (Wildman–Crippen MR) is 73.3 cm³/mol. The highest BCUT2D eigenvalue weighted by atomic mass is 79.9. The molecular formula is C13H10BrF3N2. The Hall–Kier alpha value is -1.69. The Balaban J connectivity index is 2.27. The van der Waals surface area contributed by atoms with Gasteiger partial charge in [-0.25, -0.2) is 0 Å². The minimum atomic E-state index is -4.35. The Kier molecular flexibility index (Phi) is 3.71. The number of hydrogen-bond acceptors (Lipinski definition) is 2. The zero-order valence-electron chi connectivity index (χ0n) is 9.63. The smallest absolute Gasteiger partial charge is 0.399 e. The van der Waals surface area contributed by atoms with Crippen molar-refractivity contribution in [2.24, 2.45) is 0 Å². The maximum absolute atomic E-state index is 12.5. The monoisotopic (exact) mass is 330 g/mol. The third-order valence-electron chi connectivity index (χ3n) is 2.46. The first-order valence-corrected chi connectivity index (χ1v) is 6.15. The molecule has 0 saturated carbocycles. The number of halogens is 4. The summed E-state index contributed by atoms with van der Waals surface area (Å²) in [4.78, 5) is 0. The molecule has 0 saturated heterocycles. The topological polar surface area (TPSA) is 38.0 Å². The molecule has 2 aromatic rings. The summed E-state index contributed by atoms with van der Waals surface area (Å²) in [6.45, 7) is 0. The quantitative estimate of drug-likeness (QED) is 0.776. The molecule has 2 aromatic carbocycles. The molecule has 19 heavy (non-hydrogen) atoms. The van der Waals surface area contributed by atoms with Crippen LogP contribution in [0.1, 0.15) is 5.56 Å². The van der Waals surface area contributed by atoms with E-state index in [1.807, 2.05) is 0 Å². The van der Waals surface area contributed by atoms with Gasteiger partial charge in [-0.1, -0.05) is 6.07 Å². The number of alkyl halides is 3. The minimum Gasteiger partial charge on any atom is -0.399 e. The first-order valence-electron chi connectivity index (χ1n) is 5.35. The number of rotatable bonds is 2. The van der Waals surface area contributed by atoms with E-state index in [-0.39, 0.29) is 0 Å². The Labute approximate surface area is 116 Å². The van der Waals surface area contributed by atoms with Crippen molar-refractivity contribution in [1.82, 2.24) is 0 Å². The van der Waals surface area contributed by atoms with Crippen LogP contribution in [0.2, 0.25) is 0 Å². The number of anilines is 3. The van der Waals surface area contributed by atoms with E-state index in [0.29, 0.717) is 21.5 Å². The first-order chi connectivity index (χ1) is 8.86. The standard InChI is InChI=1S/C13H10BrF3N2/c14-11-6-8(13(15,16)17)4-5-12(11)19-10-3-1-2-9(18)7-10/h1-7,19H,18H2. The second kappa shape index (κ2) is 5.13. The van der Waals surface area contributed by atoms with Gasteiger partial charge in [-0.2, -0.15) is 13.2 Å². The zero-order chi connectivity index (χ0) is 14.0. The SMILES string of the molecule is Nc1cccc(Nc2ccc(C(F)(F)F)cc2Br)c1. The van der Waals surface area contributed by atoms with Crippen LogP contribution >= 0.6 is 15.9 Å². The molecule has 0 fully saturated rings. The van der Waals surface area contributed by atoms with Crippen molar-refractivity contribution in [3.8, 4) is 0 Å².